The van der Waals surface area contributed by atoms with Crippen LogP contribution in [0.25, 0.3) is 68.0 Å². The molecule has 0 saturated carbocycles. The predicted octanol–water partition coefficient (Wildman–Crippen LogP) is 10.9. The highest BCUT2D eigenvalue weighted by Crippen LogP contribution is 2.40. The minimum absolute atomic E-state index is 0.158. The van der Waals surface area contributed by atoms with Crippen molar-refractivity contribution in [3.05, 3.63) is 151 Å². The number of rotatable bonds is 6. The Kier molecular flexibility index (Phi) is 7.26. The molecule has 248 valence electrons. The fourth-order valence-corrected chi connectivity index (χ4v) is 8.23. The standard InChI is InChI=1S/C45H38N6/c1-4-16-34(17-5-1)49-40-25-13-10-22-37(40)46-43(49)31-28-32(44-47-38-23-11-14-26-41(38)50(44)35-18-6-2-7-19-35)30-33(29-31)45-48-39-24-12-15-27-42(39)51(45)36-20-8-3-9-21-36/h1-2,4-8,10,12-16,18-20,22,24-30,34,36H,3,9,11,17,21,23H2. The van der Waals surface area contributed by atoms with Gasteiger partial charge in [-0.1, -0.05) is 85.0 Å². The fraction of sp³-hybridized carbons (Fsp3) is 0.178. The lowest BCUT2D eigenvalue weighted by atomic mass is 10.00. The van der Waals surface area contributed by atoms with Gasteiger partial charge in [0.1, 0.15) is 17.5 Å². The summed E-state index contributed by atoms with van der Waals surface area (Å²) in [6.45, 7) is 0. The molecule has 51 heavy (non-hydrogen) atoms. The summed E-state index contributed by atoms with van der Waals surface area (Å²) in [6, 6.07) is 35.0. The van der Waals surface area contributed by atoms with Crippen LogP contribution in [-0.4, -0.2) is 28.7 Å². The van der Waals surface area contributed by atoms with Crippen LogP contribution in [0.3, 0.4) is 0 Å². The molecule has 3 heterocycles. The predicted molar refractivity (Wildman–Crippen MR) is 208 cm³/mol. The zero-order valence-electron chi connectivity index (χ0n) is 28.4. The second-order valence-electron chi connectivity index (χ2n) is 13.8. The molecule has 3 aliphatic rings. The van der Waals surface area contributed by atoms with Crippen LogP contribution in [0.4, 0.5) is 0 Å². The van der Waals surface area contributed by atoms with E-state index in [-0.39, 0.29) is 12.1 Å². The van der Waals surface area contributed by atoms with Gasteiger partial charge in [0.2, 0.25) is 0 Å². The second kappa shape index (κ2) is 12.4. The van der Waals surface area contributed by atoms with E-state index >= 15 is 0 Å². The van der Waals surface area contributed by atoms with Crippen LogP contribution < -0.4 is 0 Å². The lowest BCUT2D eigenvalue weighted by Crippen LogP contribution is -2.11. The third-order valence-electron chi connectivity index (χ3n) is 10.6. The highest BCUT2D eigenvalue weighted by Gasteiger charge is 2.26. The van der Waals surface area contributed by atoms with E-state index in [4.69, 9.17) is 15.0 Å². The fourth-order valence-electron chi connectivity index (χ4n) is 8.23. The Morgan fingerprint density at radius 1 is 0.569 bits per heavy atom. The van der Waals surface area contributed by atoms with Gasteiger partial charge in [0.05, 0.1) is 45.5 Å². The van der Waals surface area contributed by atoms with Gasteiger partial charge in [-0.05, 0) is 99.2 Å². The van der Waals surface area contributed by atoms with Crippen LogP contribution in [0.2, 0.25) is 0 Å². The summed E-state index contributed by atoms with van der Waals surface area (Å²) < 4.78 is 7.21. The molecular formula is C45H38N6. The molecule has 2 unspecified atom stereocenters. The van der Waals surface area contributed by atoms with Gasteiger partial charge in [-0.25, -0.2) is 15.0 Å². The minimum Gasteiger partial charge on any atom is -0.317 e. The number of para-hydroxylation sites is 5. The van der Waals surface area contributed by atoms with Crippen molar-refractivity contribution in [2.75, 3.05) is 0 Å². The van der Waals surface area contributed by atoms with E-state index in [2.05, 4.69) is 159 Å². The highest BCUT2D eigenvalue weighted by atomic mass is 15.1. The normalized spacial score (nSPS) is 18.2. The van der Waals surface area contributed by atoms with Gasteiger partial charge < -0.3 is 9.13 Å². The number of nitrogens with zero attached hydrogens (tertiary/aromatic N) is 6. The van der Waals surface area contributed by atoms with Crippen LogP contribution in [-0.2, 0) is 6.42 Å². The molecule has 3 aromatic heterocycles. The van der Waals surface area contributed by atoms with Gasteiger partial charge in [-0.15, -0.1) is 0 Å². The SMILES string of the molecule is C1=CCC(n2c(-c3cc(-c4nc5c(n4-c4ccccc4)C=CCC5)cc(-c4nc5ccccc5n4C4C=CCCC4)c3)nc3ccccc32)C=C1. The molecule has 2 atom stereocenters. The number of benzene rings is 4. The van der Waals surface area contributed by atoms with Crippen LogP contribution in [0.1, 0.15) is 55.6 Å². The Balaban J connectivity index is 1.27. The molecule has 0 radical (unpaired) electrons. The summed E-state index contributed by atoms with van der Waals surface area (Å²) in [5, 5.41) is 0. The molecule has 0 saturated heterocycles. The maximum absolute atomic E-state index is 5.40. The van der Waals surface area contributed by atoms with Crippen molar-refractivity contribution >= 4 is 28.1 Å². The average molecular weight is 663 g/mol. The third kappa shape index (κ3) is 5.13. The summed E-state index contributed by atoms with van der Waals surface area (Å²) in [6.07, 6.45) is 24.3. The summed E-state index contributed by atoms with van der Waals surface area (Å²) in [5.41, 5.74) is 10.8. The van der Waals surface area contributed by atoms with Crippen LogP contribution in [0, 0.1) is 0 Å². The molecular weight excluding hydrogens is 625 g/mol. The number of hydrogen-bond acceptors (Lipinski definition) is 3. The number of imidazole rings is 3. The molecule has 3 aliphatic carbocycles. The van der Waals surface area contributed by atoms with Crippen LogP contribution in [0.5, 0.6) is 0 Å². The largest absolute Gasteiger partial charge is 0.317 e. The van der Waals surface area contributed by atoms with Gasteiger partial charge in [-0.2, -0.15) is 0 Å². The summed E-state index contributed by atoms with van der Waals surface area (Å²) >= 11 is 0. The third-order valence-corrected chi connectivity index (χ3v) is 10.6. The van der Waals surface area contributed by atoms with Gasteiger partial charge >= 0.3 is 0 Å². The molecule has 4 aromatic carbocycles. The van der Waals surface area contributed by atoms with Gasteiger partial charge in [0.15, 0.2) is 0 Å². The first-order valence-corrected chi connectivity index (χ1v) is 18.2. The smallest absolute Gasteiger partial charge is 0.145 e. The Morgan fingerprint density at radius 3 is 1.90 bits per heavy atom. The zero-order valence-corrected chi connectivity index (χ0v) is 28.4. The van der Waals surface area contributed by atoms with E-state index in [0.29, 0.717) is 0 Å². The van der Waals surface area contributed by atoms with E-state index in [0.717, 1.165) is 105 Å². The van der Waals surface area contributed by atoms with Crippen molar-refractivity contribution < 1.29 is 0 Å². The molecule has 0 N–H and O–H groups in total. The molecule has 0 amide bonds. The maximum atomic E-state index is 5.40. The maximum Gasteiger partial charge on any atom is 0.145 e. The summed E-state index contributed by atoms with van der Waals surface area (Å²) in [4.78, 5) is 16.1. The average Bonchev–Trinajstić information content (AvgIpc) is 3.91. The molecule has 0 fully saturated rings. The van der Waals surface area contributed by atoms with E-state index in [9.17, 15) is 0 Å². The number of allylic oxidation sites excluding steroid dienone is 7. The van der Waals surface area contributed by atoms with Crippen molar-refractivity contribution in [2.24, 2.45) is 0 Å². The number of fused-ring (bicyclic) bond motifs is 3. The highest BCUT2D eigenvalue weighted by molar-refractivity contribution is 5.86. The molecule has 7 aromatic rings. The quantitative estimate of drug-likeness (QED) is 0.167. The van der Waals surface area contributed by atoms with Gasteiger partial charge in [0.25, 0.3) is 0 Å². The topological polar surface area (TPSA) is 53.5 Å². The van der Waals surface area contributed by atoms with Crippen molar-refractivity contribution in [2.45, 2.75) is 50.6 Å². The van der Waals surface area contributed by atoms with E-state index < -0.39 is 0 Å². The lowest BCUT2D eigenvalue weighted by Gasteiger charge is -2.22. The van der Waals surface area contributed by atoms with Crippen LogP contribution in [0.15, 0.2) is 140 Å². The molecule has 0 spiro atoms. The number of aromatic nitrogens is 6. The second-order valence-corrected chi connectivity index (χ2v) is 13.8. The van der Waals surface area contributed by atoms with E-state index in [1.165, 1.54) is 6.42 Å². The van der Waals surface area contributed by atoms with Gasteiger partial charge in [0, 0.05) is 22.4 Å². The Morgan fingerprint density at radius 2 is 1.24 bits per heavy atom. The van der Waals surface area contributed by atoms with Crippen molar-refractivity contribution in [3.8, 4) is 39.9 Å². The minimum atomic E-state index is 0.158. The zero-order chi connectivity index (χ0) is 33.7. The molecule has 6 nitrogen and oxygen atoms in total. The monoisotopic (exact) mass is 662 g/mol. The molecule has 10 rings (SSSR count). The van der Waals surface area contributed by atoms with Crippen LogP contribution >= 0.6 is 0 Å². The first-order chi connectivity index (χ1) is 25.3. The Labute approximate surface area is 297 Å². The molecule has 0 bridgehead atoms. The Hall–Kier alpha value is -6.01. The van der Waals surface area contributed by atoms with E-state index in [1.807, 2.05) is 0 Å². The summed E-state index contributed by atoms with van der Waals surface area (Å²) in [5.74, 6) is 2.86. The van der Waals surface area contributed by atoms with E-state index in [1.54, 1.807) is 0 Å². The first kappa shape index (κ1) is 29.9. The van der Waals surface area contributed by atoms with Crippen molar-refractivity contribution in [3.63, 3.8) is 0 Å². The lowest BCUT2D eigenvalue weighted by molar-refractivity contribution is 0.532. The van der Waals surface area contributed by atoms with Gasteiger partial charge in [-0.3, -0.25) is 4.57 Å². The molecule has 0 aliphatic heterocycles. The first-order valence-electron chi connectivity index (χ1n) is 18.2. The van der Waals surface area contributed by atoms with Crippen molar-refractivity contribution in [1.29, 1.82) is 0 Å². The molecule has 6 heteroatoms. The number of aryl methyl sites for hydroxylation is 1. The number of hydrogen-bond donors (Lipinski definition) is 0. The Bertz CT molecular complexity index is 2460. The summed E-state index contributed by atoms with van der Waals surface area (Å²) in [7, 11) is 0. The van der Waals surface area contributed by atoms with Crippen molar-refractivity contribution in [1.82, 2.24) is 28.7 Å².